The number of nitrogens with one attached hydrogen (secondary N) is 2. The quantitative estimate of drug-likeness (QED) is 0.799. The van der Waals surface area contributed by atoms with Gasteiger partial charge in [-0.15, -0.1) is 0 Å². The molecule has 1 fully saturated rings. The first-order valence-corrected chi connectivity index (χ1v) is 9.82. The van der Waals surface area contributed by atoms with Crippen LogP contribution >= 0.6 is 0 Å². The van der Waals surface area contributed by atoms with E-state index in [1.165, 1.54) is 31.7 Å². The van der Waals surface area contributed by atoms with Crippen LogP contribution in [0.5, 0.6) is 0 Å². The third-order valence-electron chi connectivity index (χ3n) is 5.32. The molecular weight excluding hydrogens is 336 g/mol. The van der Waals surface area contributed by atoms with Crippen molar-refractivity contribution >= 4 is 11.8 Å². The molecule has 27 heavy (non-hydrogen) atoms. The predicted molar refractivity (Wildman–Crippen MR) is 107 cm³/mol. The molecule has 2 aromatic rings. The molecule has 2 amide bonds. The fourth-order valence-electron chi connectivity index (χ4n) is 3.83. The third-order valence-corrected chi connectivity index (χ3v) is 5.32. The molecule has 0 heterocycles. The first kappa shape index (κ1) is 19.2. The largest absolute Gasteiger partial charge is 0.352 e. The first-order chi connectivity index (χ1) is 13.1. The fourth-order valence-corrected chi connectivity index (χ4v) is 3.83. The van der Waals surface area contributed by atoms with Gasteiger partial charge < -0.3 is 10.6 Å². The minimum absolute atomic E-state index is 0.0412. The van der Waals surface area contributed by atoms with Gasteiger partial charge in [0, 0.05) is 19.0 Å². The van der Waals surface area contributed by atoms with E-state index in [9.17, 15) is 9.59 Å². The zero-order valence-corrected chi connectivity index (χ0v) is 15.9. The van der Waals surface area contributed by atoms with E-state index in [-0.39, 0.29) is 17.9 Å². The lowest BCUT2D eigenvalue weighted by molar-refractivity contribution is -0.119. The Morgan fingerprint density at radius 3 is 2.26 bits per heavy atom. The second kappa shape index (κ2) is 9.36. The maximum Gasteiger partial charge on any atom is 0.251 e. The van der Waals surface area contributed by atoms with Crippen molar-refractivity contribution in [2.75, 3.05) is 0 Å². The number of benzene rings is 2. The zero-order chi connectivity index (χ0) is 19.1. The molecule has 4 nitrogen and oxygen atoms in total. The molecule has 1 aliphatic rings. The lowest BCUT2D eigenvalue weighted by Crippen LogP contribution is -2.34. The van der Waals surface area contributed by atoms with Gasteiger partial charge in [0.05, 0.1) is 6.04 Å². The average Bonchev–Trinajstić information content (AvgIpc) is 2.72. The number of amides is 2. The molecule has 2 N–H and O–H groups in total. The van der Waals surface area contributed by atoms with Gasteiger partial charge >= 0.3 is 0 Å². The van der Waals surface area contributed by atoms with E-state index in [1.807, 2.05) is 42.5 Å². The monoisotopic (exact) mass is 364 g/mol. The van der Waals surface area contributed by atoms with Crippen molar-refractivity contribution in [3.63, 3.8) is 0 Å². The summed E-state index contributed by atoms with van der Waals surface area (Å²) in [6.07, 6.45) is 6.09. The van der Waals surface area contributed by atoms with Crippen molar-refractivity contribution in [1.82, 2.24) is 10.6 Å². The highest BCUT2D eigenvalue weighted by atomic mass is 16.2. The Balaban J connectivity index is 1.71. The van der Waals surface area contributed by atoms with Gasteiger partial charge in [0.25, 0.3) is 5.91 Å². The normalized spacial score (nSPS) is 15.7. The molecule has 0 spiro atoms. The van der Waals surface area contributed by atoms with Gasteiger partial charge in [-0.25, -0.2) is 0 Å². The number of hydrogen-bond donors (Lipinski definition) is 2. The molecule has 0 aliphatic heterocycles. The van der Waals surface area contributed by atoms with Crippen LogP contribution in [0, 0.1) is 5.92 Å². The summed E-state index contributed by atoms with van der Waals surface area (Å²) in [5.41, 5.74) is 2.81. The summed E-state index contributed by atoms with van der Waals surface area (Å²) in [4.78, 5) is 23.9. The van der Waals surface area contributed by atoms with Crippen molar-refractivity contribution in [2.24, 2.45) is 5.92 Å². The molecule has 0 radical (unpaired) electrons. The summed E-state index contributed by atoms with van der Waals surface area (Å²) >= 11 is 0. The van der Waals surface area contributed by atoms with Crippen LogP contribution in [-0.4, -0.2) is 11.8 Å². The smallest absolute Gasteiger partial charge is 0.251 e. The van der Waals surface area contributed by atoms with Crippen LogP contribution in [0.15, 0.2) is 54.6 Å². The standard InChI is InChI=1S/C23H28N2O2/c1-17(26)24-16-18-12-14-21(15-13-18)23(27)25-22(19-8-4-2-5-9-19)20-10-6-3-7-11-20/h2,4-5,8-9,12-15,20,22H,3,6-7,10-11,16H2,1H3,(H,24,26)(H,25,27)/t22-/m0/s1. The van der Waals surface area contributed by atoms with Gasteiger partial charge in [-0.2, -0.15) is 0 Å². The molecule has 2 aromatic carbocycles. The molecule has 4 heteroatoms. The van der Waals surface area contributed by atoms with Crippen LogP contribution < -0.4 is 10.6 Å². The van der Waals surface area contributed by atoms with Crippen LogP contribution in [0.1, 0.15) is 66.6 Å². The maximum absolute atomic E-state index is 12.9. The Kier molecular flexibility index (Phi) is 6.64. The summed E-state index contributed by atoms with van der Waals surface area (Å²) < 4.78 is 0. The van der Waals surface area contributed by atoms with Crippen molar-refractivity contribution < 1.29 is 9.59 Å². The highest BCUT2D eigenvalue weighted by Crippen LogP contribution is 2.34. The van der Waals surface area contributed by atoms with Gasteiger partial charge in [-0.3, -0.25) is 9.59 Å². The lowest BCUT2D eigenvalue weighted by Gasteiger charge is -2.31. The molecule has 1 atom stereocenters. The Labute approximate surface area is 161 Å². The van der Waals surface area contributed by atoms with Gasteiger partial charge in [0.15, 0.2) is 0 Å². The third kappa shape index (κ3) is 5.43. The van der Waals surface area contributed by atoms with E-state index in [1.54, 1.807) is 0 Å². The summed E-state index contributed by atoms with van der Waals surface area (Å²) in [7, 11) is 0. The SMILES string of the molecule is CC(=O)NCc1ccc(C(=O)N[C@@H](c2ccccc2)C2CCCCC2)cc1. The molecule has 3 rings (SSSR count). The zero-order valence-electron chi connectivity index (χ0n) is 15.9. The second-order valence-corrected chi connectivity index (χ2v) is 7.37. The van der Waals surface area contributed by atoms with Crippen LogP contribution in [0.3, 0.4) is 0 Å². The van der Waals surface area contributed by atoms with E-state index >= 15 is 0 Å². The lowest BCUT2D eigenvalue weighted by atomic mass is 9.81. The summed E-state index contributed by atoms with van der Waals surface area (Å²) in [5.74, 6) is 0.389. The van der Waals surface area contributed by atoms with Crippen molar-refractivity contribution in [3.8, 4) is 0 Å². The second-order valence-electron chi connectivity index (χ2n) is 7.37. The summed E-state index contributed by atoms with van der Waals surface area (Å²) in [5, 5.41) is 6.05. The topological polar surface area (TPSA) is 58.2 Å². The Morgan fingerprint density at radius 1 is 0.963 bits per heavy atom. The number of rotatable bonds is 6. The molecule has 1 aliphatic carbocycles. The molecule has 0 saturated heterocycles. The molecule has 0 aromatic heterocycles. The van der Waals surface area contributed by atoms with Gasteiger partial charge in [0.1, 0.15) is 0 Å². The Bertz CT molecular complexity index is 750. The van der Waals surface area contributed by atoms with Crippen LogP contribution in [0.2, 0.25) is 0 Å². The summed E-state index contributed by atoms with van der Waals surface area (Å²) in [6.45, 7) is 1.97. The molecule has 0 bridgehead atoms. The average molecular weight is 364 g/mol. The minimum Gasteiger partial charge on any atom is -0.352 e. The Hall–Kier alpha value is -2.62. The number of hydrogen-bond acceptors (Lipinski definition) is 2. The molecule has 142 valence electrons. The summed E-state index contributed by atoms with van der Waals surface area (Å²) in [6, 6.07) is 17.8. The highest BCUT2D eigenvalue weighted by Gasteiger charge is 2.26. The first-order valence-electron chi connectivity index (χ1n) is 9.82. The van der Waals surface area contributed by atoms with Crippen molar-refractivity contribution in [3.05, 3.63) is 71.3 Å². The maximum atomic E-state index is 12.9. The van der Waals surface area contributed by atoms with Crippen molar-refractivity contribution in [2.45, 2.75) is 51.6 Å². The van der Waals surface area contributed by atoms with E-state index < -0.39 is 0 Å². The van der Waals surface area contributed by atoms with E-state index in [0.29, 0.717) is 18.0 Å². The number of carbonyl (C=O) groups excluding carboxylic acids is 2. The van der Waals surface area contributed by atoms with Crippen LogP contribution in [-0.2, 0) is 11.3 Å². The van der Waals surface area contributed by atoms with Gasteiger partial charge in [-0.05, 0) is 42.0 Å². The van der Waals surface area contributed by atoms with E-state index in [0.717, 1.165) is 18.4 Å². The fraction of sp³-hybridized carbons (Fsp3) is 0.391. The number of carbonyl (C=O) groups is 2. The Morgan fingerprint density at radius 2 is 1.63 bits per heavy atom. The molecule has 1 saturated carbocycles. The van der Waals surface area contributed by atoms with E-state index in [2.05, 4.69) is 22.8 Å². The van der Waals surface area contributed by atoms with E-state index in [4.69, 9.17) is 0 Å². The molecule has 0 unspecified atom stereocenters. The van der Waals surface area contributed by atoms with Crippen LogP contribution in [0.4, 0.5) is 0 Å². The predicted octanol–water partition coefficient (Wildman–Crippen LogP) is 4.37. The molecular formula is C23H28N2O2. The van der Waals surface area contributed by atoms with Crippen molar-refractivity contribution in [1.29, 1.82) is 0 Å². The van der Waals surface area contributed by atoms with Gasteiger partial charge in [-0.1, -0.05) is 61.7 Å². The van der Waals surface area contributed by atoms with Gasteiger partial charge in [0.2, 0.25) is 5.91 Å². The minimum atomic E-state index is -0.0602. The highest BCUT2D eigenvalue weighted by molar-refractivity contribution is 5.94. The van der Waals surface area contributed by atoms with Crippen LogP contribution in [0.25, 0.3) is 0 Å².